The molecule has 0 bridgehead atoms. The number of carboxylic acids is 1. The van der Waals surface area contributed by atoms with Crippen molar-refractivity contribution in [3.05, 3.63) is 56.2 Å². The Labute approximate surface area is 129 Å². The van der Waals surface area contributed by atoms with Crippen LogP contribution in [-0.2, 0) is 11.4 Å². The van der Waals surface area contributed by atoms with E-state index in [2.05, 4.69) is 15.9 Å². The summed E-state index contributed by atoms with van der Waals surface area (Å²) in [6, 6.07) is 9.64. The molecule has 0 saturated heterocycles. The molecule has 0 atom stereocenters. The van der Waals surface area contributed by atoms with E-state index in [1.54, 1.807) is 17.4 Å². The standard InChI is InChI=1S/C15H13BrO3S/c1-10-3-2-4-11(5-8-14(17)18)15(10)19-9-12-6-7-13(16)20-12/h2-8H,9H2,1H3,(H,17,18)/b8-5+. The zero-order valence-corrected chi connectivity index (χ0v) is 13.2. The second-order valence-corrected chi connectivity index (χ2v) is 6.71. The Morgan fingerprint density at radius 3 is 2.85 bits per heavy atom. The molecule has 0 spiro atoms. The number of halogens is 1. The van der Waals surface area contributed by atoms with Crippen molar-refractivity contribution < 1.29 is 14.6 Å². The summed E-state index contributed by atoms with van der Waals surface area (Å²) in [7, 11) is 0. The fourth-order valence-corrected chi connectivity index (χ4v) is 3.13. The minimum atomic E-state index is -0.973. The number of benzene rings is 1. The van der Waals surface area contributed by atoms with Crippen molar-refractivity contribution in [2.75, 3.05) is 0 Å². The number of ether oxygens (including phenoxy) is 1. The van der Waals surface area contributed by atoms with Crippen molar-refractivity contribution in [2.45, 2.75) is 13.5 Å². The Bertz CT molecular complexity index is 646. The highest BCUT2D eigenvalue weighted by atomic mass is 79.9. The molecule has 0 amide bonds. The third-order valence-electron chi connectivity index (χ3n) is 2.64. The molecule has 20 heavy (non-hydrogen) atoms. The molecule has 1 aromatic carbocycles. The van der Waals surface area contributed by atoms with Gasteiger partial charge in [-0.1, -0.05) is 18.2 Å². The third kappa shape index (κ3) is 3.95. The lowest BCUT2D eigenvalue weighted by Gasteiger charge is -2.11. The van der Waals surface area contributed by atoms with E-state index in [4.69, 9.17) is 9.84 Å². The van der Waals surface area contributed by atoms with E-state index in [9.17, 15) is 4.79 Å². The van der Waals surface area contributed by atoms with E-state index in [0.29, 0.717) is 6.61 Å². The molecule has 0 aliphatic rings. The summed E-state index contributed by atoms with van der Waals surface area (Å²) in [6.07, 6.45) is 2.67. The number of hydrogen-bond donors (Lipinski definition) is 1. The molecule has 0 aliphatic heterocycles. The fraction of sp³-hybridized carbons (Fsp3) is 0.133. The first-order chi connectivity index (χ1) is 9.56. The van der Waals surface area contributed by atoms with Gasteiger partial charge in [0.2, 0.25) is 0 Å². The monoisotopic (exact) mass is 352 g/mol. The largest absolute Gasteiger partial charge is 0.487 e. The number of carboxylic acid groups (broad SMARTS) is 1. The average Bonchev–Trinajstić information content (AvgIpc) is 2.81. The second kappa shape index (κ2) is 6.72. The summed E-state index contributed by atoms with van der Waals surface area (Å²) in [5, 5.41) is 8.71. The summed E-state index contributed by atoms with van der Waals surface area (Å²) in [4.78, 5) is 11.7. The van der Waals surface area contributed by atoms with Crippen molar-refractivity contribution in [3.8, 4) is 5.75 Å². The molecular weight excluding hydrogens is 340 g/mol. The van der Waals surface area contributed by atoms with Crippen molar-refractivity contribution >= 4 is 39.3 Å². The second-order valence-electron chi connectivity index (χ2n) is 4.16. The predicted molar refractivity (Wildman–Crippen MR) is 84.2 cm³/mol. The Morgan fingerprint density at radius 1 is 1.40 bits per heavy atom. The fourth-order valence-electron chi connectivity index (χ4n) is 1.74. The van der Waals surface area contributed by atoms with Gasteiger partial charge in [0.05, 0.1) is 3.79 Å². The van der Waals surface area contributed by atoms with E-state index >= 15 is 0 Å². The highest BCUT2D eigenvalue weighted by molar-refractivity contribution is 9.11. The van der Waals surface area contributed by atoms with Crippen LogP contribution in [0.2, 0.25) is 0 Å². The lowest BCUT2D eigenvalue weighted by atomic mass is 10.1. The maximum Gasteiger partial charge on any atom is 0.328 e. The molecule has 104 valence electrons. The Balaban J connectivity index is 2.19. The van der Waals surface area contributed by atoms with E-state index < -0.39 is 5.97 Å². The van der Waals surface area contributed by atoms with Crippen LogP contribution in [-0.4, -0.2) is 11.1 Å². The van der Waals surface area contributed by atoms with Gasteiger partial charge in [0.15, 0.2) is 0 Å². The molecule has 0 aliphatic carbocycles. The number of aryl methyl sites for hydroxylation is 1. The first kappa shape index (κ1) is 14.8. The summed E-state index contributed by atoms with van der Waals surface area (Å²) >= 11 is 5.03. The van der Waals surface area contributed by atoms with E-state index in [1.165, 1.54) is 0 Å². The number of carbonyl (C=O) groups is 1. The Kier molecular flexibility index (Phi) is 4.98. The summed E-state index contributed by atoms with van der Waals surface area (Å²) < 4.78 is 6.91. The topological polar surface area (TPSA) is 46.5 Å². The Morgan fingerprint density at radius 2 is 2.20 bits per heavy atom. The molecule has 1 aromatic heterocycles. The minimum absolute atomic E-state index is 0.467. The summed E-state index contributed by atoms with van der Waals surface area (Å²) in [5.74, 6) is -0.255. The molecule has 0 fully saturated rings. The van der Waals surface area contributed by atoms with Gasteiger partial charge in [0.1, 0.15) is 12.4 Å². The van der Waals surface area contributed by atoms with Gasteiger partial charge in [-0.05, 0) is 46.6 Å². The van der Waals surface area contributed by atoms with Gasteiger partial charge < -0.3 is 9.84 Å². The maximum absolute atomic E-state index is 10.6. The molecule has 1 heterocycles. The normalized spacial score (nSPS) is 10.9. The van der Waals surface area contributed by atoms with Gasteiger partial charge in [0, 0.05) is 16.5 Å². The summed E-state index contributed by atoms with van der Waals surface area (Å²) in [5.41, 5.74) is 1.75. The van der Waals surface area contributed by atoms with Crippen LogP contribution in [0.1, 0.15) is 16.0 Å². The number of rotatable bonds is 5. The van der Waals surface area contributed by atoms with Gasteiger partial charge in [-0.3, -0.25) is 0 Å². The number of hydrogen-bond acceptors (Lipinski definition) is 3. The van der Waals surface area contributed by atoms with Crippen molar-refractivity contribution in [3.63, 3.8) is 0 Å². The summed E-state index contributed by atoms with van der Waals surface area (Å²) in [6.45, 7) is 2.41. The zero-order valence-electron chi connectivity index (χ0n) is 10.8. The van der Waals surface area contributed by atoms with Gasteiger partial charge in [-0.25, -0.2) is 4.79 Å². The molecule has 5 heteroatoms. The molecule has 3 nitrogen and oxygen atoms in total. The quantitative estimate of drug-likeness (QED) is 0.806. The molecule has 2 aromatic rings. The van der Waals surface area contributed by atoms with Crippen LogP contribution >= 0.6 is 27.3 Å². The predicted octanol–water partition coefficient (Wildman–Crippen LogP) is 4.50. The SMILES string of the molecule is Cc1cccc(/C=C/C(=O)O)c1OCc1ccc(Br)s1. The number of para-hydroxylation sites is 1. The minimum Gasteiger partial charge on any atom is -0.487 e. The molecular formula is C15H13BrO3S. The lowest BCUT2D eigenvalue weighted by Crippen LogP contribution is -1.97. The maximum atomic E-state index is 10.6. The highest BCUT2D eigenvalue weighted by Gasteiger charge is 2.06. The Hall–Kier alpha value is -1.59. The first-order valence-electron chi connectivity index (χ1n) is 5.94. The first-order valence-corrected chi connectivity index (χ1v) is 7.55. The van der Waals surface area contributed by atoms with E-state index in [1.807, 2.05) is 37.3 Å². The van der Waals surface area contributed by atoms with Gasteiger partial charge in [0.25, 0.3) is 0 Å². The van der Waals surface area contributed by atoms with Crippen LogP contribution in [0.3, 0.4) is 0 Å². The zero-order chi connectivity index (χ0) is 14.5. The van der Waals surface area contributed by atoms with Gasteiger partial charge in [-0.2, -0.15) is 0 Å². The third-order valence-corrected chi connectivity index (χ3v) is 4.23. The van der Waals surface area contributed by atoms with Gasteiger partial charge in [-0.15, -0.1) is 11.3 Å². The van der Waals surface area contributed by atoms with Crippen LogP contribution < -0.4 is 4.74 Å². The average molecular weight is 353 g/mol. The molecule has 0 radical (unpaired) electrons. The van der Waals surface area contributed by atoms with Crippen molar-refractivity contribution in [1.82, 2.24) is 0 Å². The molecule has 0 saturated carbocycles. The van der Waals surface area contributed by atoms with Crippen LogP contribution in [0, 0.1) is 6.92 Å². The van der Waals surface area contributed by atoms with Crippen LogP contribution in [0.4, 0.5) is 0 Å². The smallest absolute Gasteiger partial charge is 0.328 e. The van der Waals surface area contributed by atoms with E-state index in [-0.39, 0.29) is 0 Å². The van der Waals surface area contributed by atoms with Crippen molar-refractivity contribution in [1.29, 1.82) is 0 Å². The number of aliphatic carboxylic acids is 1. The molecule has 2 rings (SSSR count). The van der Waals surface area contributed by atoms with Crippen molar-refractivity contribution in [2.24, 2.45) is 0 Å². The lowest BCUT2D eigenvalue weighted by molar-refractivity contribution is -0.131. The van der Waals surface area contributed by atoms with Crippen LogP contribution in [0.5, 0.6) is 5.75 Å². The van der Waals surface area contributed by atoms with Crippen LogP contribution in [0.25, 0.3) is 6.08 Å². The van der Waals surface area contributed by atoms with E-state index in [0.717, 1.165) is 31.6 Å². The number of thiophene rings is 1. The van der Waals surface area contributed by atoms with Crippen LogP contribution in [0.15, 0.2) is 40.2 Å². The van der Waals surface area contributed by atoms with Gasteiger partial charge >= 0.3 is 5.97 Å². The molecule has 0 unspecified atom stereocenters. The molecule has 1 N–H and O–H groups in total. The highest BCUT2D eigenvalue weighted by Crippen LogP contribution is 2.28.